The fourth-order valence-electron chi connectivity index (χ4n) is 1.57. The van der Waals surface area contributed by atoms with Crippen molar-refractivity contribution in [3.8, 4) is 0 Å². The lowest BCUT2D eigenvalue weighted by atomic mass is 10.2. The number of anilines is 1. The van der Waals surface area contributed by atoms with Crippen molar-refractivity contribution < 1.29 is 13.6 Å². The van der Waals surface area contributed by atoms with Gasteiger partial charge in [-0.05, 0) is 12.1 Å². The smallest absolute Gasteiger partial charge is 0.182 e. The zero-order valence-corrected chi connectivity index (χ0v) is 7.46. The van der Waals surface area contributed by atoms with Crippen LogP contribution in [0.5, 0.6) is 0 Å². The monoisotopic (exact) mass is 197 g/mol. The molecule has 0 spiro atoms. The summed E-state index contributed by atoms with van der Waals surface area (Å²) in [6, 6.07) is 3.99. The standard InChI is InChI=1S/C10H9F2NO/c11-8-2-1-3-9(10(8)12)13-5-4-7(14)6-13/h1-3H,4-6H2. The zero-order chi connectivity index (χ0) is 10.1. The number of rotatable bonds is 1. The van der Waals surface area contributed by atoms with Gasteiger partial charge in [-0.2, -0.15) is 0 Å². The summed E-state index contributed by atoms with van der Waals surface area (Å²) in [6.07, 6.45) is 0.413. The molecule has 1 aromatic carbocycles. The van der Waals surface area contributed by atoms with Gasteiger partial charge in [-0.25, -0.2) is 8.78 Å². The van der Waals surface area contributed by atoms with Crippen LogP contribution in [-0.2, 0) is 4.79 Å². The van der Waals surface area contributed by atoms with Crippen LogP contribution in [0.2, 0.25) is 0 Å². The van der Waals surface area contributed by atoms with Crippen molar-refractivity contribution >= 4 is 11.5 Å². The summed E-state index contributed by atoms with van der Waals surface area (Å²) in [6.45, 7) is 0.652. The van der Waals surface area contributed by atoms with Crippen LogP contribution in [0.3, 0.4) is 0 Å². The molecule has 0 bridgehead atoms. The molecule has 1 aliphatic rings. The first-order chi connectivity index (χ1) is 6.68. The van der Waals surface area contributed by atoms with Crippen molar-refractivity contribution in [1.82, 2.24) is 0 Å². The molecule has 4 heteroatoms. The highest BCUT2D eigenvalue weighted by atomic mass is 19.2. The SMILES string of the molecule is O=C1CCN(c2cccc(F)c2F)C1. The Bertz CT molecular complexity index is 378. The Kier molecular flexibility index (Phi) is 2.19. The van der Waals surface area contributed by atoms with Crippen molar-refractivity contribution in [2.45, 2.75) is 6.42 Å². The summed E-state index contributed by atoms with van der Waals surface area (Å²) < 4.78 is 26.1. The van der Waals surface area contributed by atoms with E-state index in [0.717, 1.165) is 6.07 Å². The summed E-state index contributed by atoms with van der Waals surface area (Å²) >= 11 is 0. The normalized spacial score (nSPS) is 16.4. The number of carbonyl (C=O) groups excluding carboxylic acids is 1. The van der Waals surface area contributed by atoms with Crippen molar-refractivity contribution in [1.29, 1.82) is 0 Å². The predicted octanol–water partition coefficient (Wildman–Crippen LogP) is 1.74. The molecule has 0 aromatic heterocycles. The van der Waals surface area contributed by atoms with Gasteiger partial charge in [0, 0.05) is 13.0 Å². The number of Topliss-reactive ketones (excluding diaryl/α,β-unsaturated/α-hetero) is 1. The minimum absolute atomic E-state index is 0.0636. The molecule has 2 nitrogen and oxygen atoms in total. The number of hydrogen-bond donors (Lipinski definition) is 0. The quantitative estimate of drug-likeness (QED) is 0.683. The summed E-state index contributed by atoms with van der Waals surface area (Å²) in [4.78, 5) is 12.5. The molecule has 14 heavy (non-hydrogen) atoms. The Hall–Kier alpha value is -1.45. The third-order valence-electron chi connectivity index (χ3n) is 2.30. The Morgan fingerprint density at radius 1 is 1.29 bits per heavy atom. The summed E-state index contributed by atoms with van der Waals surface area (Å²) in [5.74, 6) is -1.68. The Morgan fingerprint density at radius 2 is 2.07 bits per heavy atom. The predicted molar refractivity (Wildman–Crippen MR) is 48.2 cm³/mol. The van der Waals surface area contributed by atoms with Crippen molar-refractivity contribution in [3.05, 3.63) is 29.8 Å². The number of hydrogen-bond acceptors (Lipinski definition) is 2. The molecule has 2 rings (SSSR count). The van der Waals surface area contributed by atoms with Crippen LogP contribution in [-0.4, -0.2) is 18.9 Å². The molecule has 0 amide bonds. The average molecular weight is 197 g/mol. The molecular weight excluding hydrogens is 188 g/mol. The number of halogens is 2. The lowest BCUT2D eigenvalue weighted by Crippen LogP contribution is -2.21. The Balaban J connectivity index is 2.32. The molecule has 1 heterocycles. The zero-order valence-electron chi connectivity index (χ0n) is 7.46. The maximum Gasteiger partial charge on any atom is 0.182 e. The minimum atomic E-state index is -0.873. The van der Waals surface area contributed by atoms with Gasteiger partial charge in [-0.1, -0.05) is 6.07 Å². The summed E-state index contributed by atoms with van der Waals surface area (Å²) in [7, 11) is 0. The maximum absolute atomic E-state index is 13.3. The van der Waals surface area contributed by atoms with Crippen LogP contribution in [0.25, 0.3) is 0 Å². The van der Waals surface area contributed by atoms with Gasteiger partial charge in [0.25, 0.3) is 0 Å². The fourth-order valence-corrected chi connectivity index (χ4v) is 1.57. The Labute approximate surface area is 80.1 Å². The third kappa shape index (κ3) is 1.47. The van der Waals surface area contributed by atoms with Gasteiger partial charge in [0.2, 0.25) is 0 Å². The van der Waals surface area contributed by atoms with Gasteiger partial charge in [-0.3, -0.25) is 4.79 Å². The molecule has 0 radical (unpaired) electrons. The molecule has 0 atom stereocenters. The lowest BCUT2D eigenvalue weighted by molar-refractivity contribution is -0.116. The summed E-state index contributed by atoms with van der Waals surface area (Å²) in [5, 5.41) is 0. The highest BCUT2D eigenvalue weighted by molar-refractivity contribution is 5.87. The number of carbonyl (C=O) groups is 1. The van der Waals surface area contributed by atoms with E-state index >= 15 is 0 Å². The second kappa shape index (κ2) is 3.36. The fraction of sp³-hybridized carbons (Fsp3) is 0.300. The van der Waals surface area contributed by atoms with Crippen LogP contribution >= 0.6 is 0 Å². The van der Waals surface area contributed by atoms with Crippen molar-refractivity contribution in [2.75, 3.05) is 18.0 Å². The average Bonchev–Trinajstić information content (AvgIpc) is 2.57. The minimum Gasteiger partial charge on any atom is -0.361 e. The van der Waals surface area contributed by atoms with Crippen LogP contribution in [0.1, 0.15) is 6.42 Å². The molecule has 1 aliphatic heterocycles. The number of benzene rings is 1. The molecule has 0 saturated carbocycles. The van der Waals surface area contributed by atoms with E-state index in [9.17, 15) is 13.6 Å². The van der Waals surface area contributed by atoms with E-state index in [1.807, 2.05) is 0 Å². The molecule has 0 aliphatic carbocycles. The van der Waals surface area contributed by atoms with Gasteiger partial charge in [0.1, 0.15) is 0 Å². The van der Waals surface area contributed by atoms with Crippen molar-refractivity contribution in [3.63, 3.8) is 0 Å². The number of ketones is 1. The van der Waals surface area contributed by atoms with E-state index in [1.54, 1.807) is 4.90 Å². The van der Waals surface area contributed by atoms with Gasteiger partial charge in [0.15, 0.2) is 17.4 Å². The molecule has 0 N–H and O–H groups in total. The molecule has 1 fully saturated rings. The van der Waals surface area contributed by atoms with Crippen LogP contribution in [0.4, 0.5) is 14.5 Å². The van der Waals surface area contributed by atoms with Gasteiger partial charge < -0.3 is 4.90 Å². The van der Waals surface area contributed by atoms with E-state index in [-0.39, 0.29) is 18.0 Å². The molecule has 1 aromatic rings. The van der Waals surface area contributed by atoms with E-state index in [0.29, 0.717) is 13.0 Å². The van der Waals surface area contributed by atoms with E-state index in [2.05, 4.69) is 0 Å². The Morgan fingerprint density at radius 3 is 2.71 bits per heavy atom. The molecule has 0 unspecified atom stereocenters. The second-order valence-corrected chi connectivity index (χ2v) is 3.28. The highest BCUT2D eigenvalue weighted by Gasteiger charge is 2.22. The molecule has 1 saturated heterocycles. The lowest BCUT2D eigenvalue weighted by Gasteiger charge is -2.17. The van der Waals surface area contributed by atoms with Crippen molar-refractivity contribution in [2.24, 2.45) is 0 Å². The van der Waals surface area contributed by atoms with Gasteiger partial charge in [0.05, 0.1) is 12.2 Å². The van der Waals surface area contributed by atoms with Crippen LogP contribution < -0.4 is 4.90 Å². The molecular formula is C10H9F2NO. The summed E-state index contributed by atoms with van der Waals surface area (Å²) in [5.41, 5.74) is 0.177. The maximum atomic E-state index is 13.3. The topological polar surface area (TPSA) is 20.3 Å². The first-order valence-corrected chi connectivity index (χ1v) is 4.39. The van der Waals surface area contributed by atoms with Gasteiger partial charge in [-0.15, -0.1) is 0 Å². The molecule has 74 valence electrons. The van der Waals surface area contributed by atoms with E-state index in [4.69, 9.17) is 0 Å². The number of nitrogens with zero attached hydrogens (tertiary/aromatic N) is 1. The van der Waals surface area contributed by atoms with E-state index < -0.39 is 11.6 Å². The first kappa shape index (κ1) is 9.12. The van der Waals surface area contributed by atoms with Crippen LogP contribution in [0.15, 0.2) is 18.2 Å². The van der Waals surface area contributed by atoms with E-state index in [1.165, 1.54) is 12.1 Å². The largest absolute Gasteiger partial charge is 0.361 e. The second-order valence-electron chi connectivity index (χ2n) is 3.28. The van der Waals surface area contributed by atoms with Gasteiger partial charge >= 0.3 is 0 Å². The first-order valence-electron chi connectivity index (χ1n) is 4.39. The highest BCUT2D eigenvalue weighted by Crippen LogP contribution is 2.23. The van der Waals surface area contributed by atoms with Crippen LogP contribution in [0, 0.1) is 11.6 Å². The third-order valence-corrected chi connectivity index (χ3v) is 2.30.